The van der Waals surface area contributed by atoms with E-state index in [2.05, 4.69) is 69.8 Å². The van der Waals surface area contributed by atoms with Crippen LogP contribution in [0.1, 0.15) is 11.1 Å². The number of para-hydroxylation sites is 2. The van der Waals surface area contributed by atoms with E-state index in [-0.39, 0.29) is 0 Å². The summed E-state index contributed by atoms with van der Waals surface area (Å²) in [5.74, 6) is 0. The molecule has 0 aliphatic heterocycles. The molecule has 0 unspecified atom stereocenters. The van der Waals surface area contributed by atoms with Crippen LogP contribution in [0.5, 0.6) is 0 Å². The second-order valence-corrected chi connectivity index (χ2v) is 5.95. The smallest absolute Gasteiger partial charge is 0.0566 e. The third-order valence-corrected chi connectivity index (χ3v) is 4.19. The number of fused-ring (bicyclic) bond motifs is 1. The van der Waals surface area contributed by atoms with E-state index in [9.17, 15) is 0 Å². The summed E-state index contributed by atoms with van der Waals surface area (Å²) in [6.45, 7) is 0.849. The second kappa shape index (κ2) is 7.05. The van der Waals surface area contributed by atoms with Crippen LogP contribution >= 0.6 is 0 Å². The van der Waals surface area contributed by atoms with Crippen molar-refractivity contribution in [3.05, 3.63) is 102 Å². The highest BCUT2D eigenvalue weighted by atomic mass is 15.3. The van der Waals surface area contributed by atoms with Crippen molar-refractivity contribution in [2.45, 2.75) is 6.54 Å². The number of benzene rings is 3. The number of hydrazone groups is 1. The standard InChI is InChI=1S/C22H19N3/c1-3-9-18(10-4-1)16-25-17-19(21-13-7-8-14-22(21)25)15-23-24-20-11-5-2-6-12-20/h1-15,17,24H,16H2/b23-15+. The second-order valence-electron chi connectivity index (χ2n) is 5.95. The Morgan fingerprint density at radius 1 is 0.800 bits per heavy atom. The van der Waals surface area contributed by atoms with Crippen LogP contribution in [0.2, 0.25) is 0 Å². The summed E-state index contributed by atoms with van der Waals surface area (Å²) < 4.78 is 2.27. The van der Waals surface area contributed by atoms with Gasteiger partial charge < -0.3 is 4.57 Å². The van der Waals surface area contributed by atoms with E-state index in [0.29, 0.717) is 0 Å². The maximum absolute atomic E-state index is 4.39. The van der Waals surface area contributed by atoms with E-state index in [1.54, 1.807) is 0 Å². The fourth-order valence-corrected chi connectivity index (χ4v) is 2.98. The molecular weight excluding hydrogens is 306 g/mol. The van der Waals surface area contributed by atoms with Crippen molar-refractivity contribution in [1.82, 2.24) is 4.57 Å². The topological polar surface area (TPSA) is 29.3 Å². The number of anilines is 1. The summed E-state index contributed by atoms with van der Waals surface area (Å²) in [6, 6.07) is 28.9. The number of rotatable bonds is 5. The van der Waals surface area contributed by atoms with Crippen LogP contribution in [-0.2, 0) is 6.54 Å². The lowest BCUT2D eigenvalue weighted by molar-refractivity contribution is 0.836. The molecule has 0 aliphatic rings. The van der Waals surface area contributed by atoms with E-state index in [0.717, 1.165) is 17.8 Å². The minimum atomic E-state index is 0.849. The molecule has 3 aromatic carbocycles. The molecule has 3 heteroatoms. The molecule has 25 heavy (non-hydrogen) atoms. The molecule has 0 saturated carbocycles. The summed E-state index contributed by atoms with van der Waals surface area (Å²) in [7, 11) is 0. The predicted octanol–water partition coefficient (Wildman–Crippen LogP) is 5.14. The summed E-state index contributed by atoms with van der Waals surface area (Å²) >= 11 is 0. The maximum Gasteiger partial charge on any atom is 0.0566 e. The summed E-state index contributed by atoms with van der Waals surface area (Å²) in [6.07, 6.45) is 4.05. The largest absolute Gasteiger partial charge is 0.342 e. The highest BCUT2D eigenvalue weighted by Crippen LogP contribution is 2.21. The van der Waals surface area contributed by atoms with E-state index >= 15 is 0 Å². The molecule has 1 heterocycles. The highest BCUT2D eigenvalue weighted by Gasteiger charge is 2.06. The van der Waals surface area contributed by atoms with Crippen molar-refractivity contribution in [1.29, 1.82) is 0 Å². The molecule has 0 saturated heterocycles. The molecule has 0 amide bonds. The molecule has 4 aromatic rings. The van der Waals surface area contributed by atoms with Crippen molar-refractivity contribution in [3.63, 3.8) is 0 Å². The van der Waals surface area contributed by atoms with Gasteiger partial charge in [-0.2, -0.15) is 5.10 Å². The van der Waals surface area contributed by atoms with Gasteiger partial charge in [-0.1, -0.05) is 66.7 Å². The van der Waals surface area contributed by atoms with Crippen LogP contribution in [0.3, 0.4) is 0 Å². The molecular formula is C22H19N3. The van der Waals surface area contributed by atoms with Gasteiger partial charge in [0.25, 0.3) is 0 Å². The van der Waals surface area contributed by atoms with Gasteiger partial charge in [-0.15, -0.1) is 0 Å². The van der Waals surface area contributed by atoms with Crippen molar-refractivity contribution in [2.24, 2.45) is 5.10 Å². The van der Waals surface area contributed by atoms with E-state index < -0.39 is 0 Å². The average molecular weight is 325 g/mol. The minimum absolute atomic E-state index is 0.849. The van der Waals surface area contributed by atoms with E-state index in [4.69, 9.17) is 0 Å². The Kier molecular flexibility index (Phi) is 4.29. The van der Waals surface area contributed by atoms with Gasteiger partial charge in [0.05, 0.1) is 11.9 Å². The first-order valence-electron chi connectivity index (χ1n) is 8.36. The van der Waals surface area contributed by atoms with Crippen LogP contribution in [0.25, 0.3) is 10.9 Å². The molecule has 1 N–H and O–H groups in total. The first-order chi connectivity index (χ1) is 12.4. The predicted molar refractivity (Wildman–Crippen MR) is 105 cm³/mol. The number of nitrogens with one attached hydrogen (secondary N) is 1. The fourth-order valence-electron chi connectivity index (χ4n) is 2.98. The van der Waals surface area contributed by atoms with Crippen molar-refractivity contribution in [3.8, 4) is 0 Å². The molecule has 0 atom stereocenters. The SMILES string of the molecule is C(=N\Nc1ccccc1)/c1cn(Cc2ccccc2)c2ccccc12. The van der Waals surface area contributed by atoms with Gasteiger partial charge >= 0.3 is 0 Å². The van der Waals surface area contributed by atoms with Gasteiger partial charge in [0, 0.05) is 29.2 Å². The lowest BCUT2D eigenvalue weighted by atomic mass is 10.2. The third-order valence-electron chi connectivity index (χ3n) is 4.19. The van der Waals surface area contributed by atoms with Crippen LogP contribution in [0, 0.1) is 0 Å². The molecule has 0 spiro atoms. The average Bonchev–Trinajstić information content (AvgIpc) is 3.01. The van der Waals surface area contributed by atoms with E-state index in [1.165, 1.54) is 16.5 Å². The van der Waals surface area contributed by atoms with E-state index in [1.807, 2.05) is 42.6 Å². The highest BCUT2D eigenvalue weighted by molar-refractivity contribution is 5.99. The molecule has 3 nitrogen and oxygen atoms in total. The molecule has 0 fully saturated rings. The van der Waals surface area contributed by atoms with Gasteiger partial charge in [-0.25, -0.2) is 0 Å². The van der Waals surface area contributed by atoms with Gasteiger partial charge in [0.2, 0.25) is 0 Å². The Balaban J connectivity index is 1.63. The quantitative estimate of drug-likeness (QED) is 0.400. The zero-order valence-corrected chi connectivity index (χ0v) is 13.8. The third kappa shape index (κ3) is 3.45. The number of nitrogens with zero attached hydrogens (tertiary/aromatic N) is 2. The number of aromatic nitrogens is 1. The molecule has 0 radical (unpaired) electrons. The van der Waals surface area contributed by atoms with Crippen LogP contribution < -0.4 is 5.43 Å². The Hall–Kier alpha value is -3.33. The molecule has 4 rings (SSSR count). The Morgan fingerprint density at radius 2 is 1.48 bits per heavy atom. The lowest BCUT2D eigenvalue weighted by Gasteiger charge is -2.05. The maximum atomic E-state index is 4.39. The fraction of sp³-hybridized carbons (Fsp3) is 0.0455. The van der Waals surface area contributed by atoms with Gasteiger partial charge in [0.15, 0.2) is 0 Å². The monoisotopic (exact) mass is 325 g/mol. The van der Waals surface area contributed by atoms with Gasteiger partial charge in [-0.3, -0.25) is 5.43 Å². The van der Waals surface area contributed by atoms with Crippen LogP contribution in [-0.4, -0.2) is 10.8 Å². The summed E-state index contributed by atoms with van der Waals surface area (Å²) in [5, 5.41) is 5.60. The molecule has 122 valence electrons. The number of hydrogen-bond donors (Lipinski definition) is 1. The zero-order chi connectivity index (χ0) is 16.9. The van der Waals surface area contributed by atoms with Gasteiger partial charge in [0.1, 0.15) is 0 Å². The zero-order valence-electron chi connectivity index (χ0n) is 13.8. The lowest BCUT2D eigenvalue weighted by Crippen LogP contribution is -1.97. The molecule has 1 aromatic heterocycles. The van der Waals surface area contributed by atoms with Crippen molar-refractivity contribution < 1.29 is 0 Å². The molecule has 0 bridgehead atoms. The van der Waals surface area contributed by atoms with Crippen molar-refractivity contribution >= 4 is 22.8 Å². The summed E-state index contributed by atoms with van der Waals surface area (Å²) in [4.78, 5) is 0. The van der Waals surface area contributed by atoms with Gasteiger partial charge in [-0.05, 0) is 23.8 Å². The molecule has 0 aliphatic carbocycles. The van der Waals surface area contributed by atoms with Crippen LogP contribution in [0.15, 0.2) is 96.2 Å². The Labute approximate surface area is 147 Å². The first-order valence-corrected chi connectivity index (χ1v) is 8.36. The minimum Gasteiger partial charge on any atom is -0.342 e. The Morgan fingerprint density at radius 3 is 2.28 bits per heavy atom. The first kappa shape index (κ1) is 15.2. The summed E-state index contributed by atoms with van der Waals surface area (Å²) in [5.41, 5.74) is 7.66. The van der Waals surface area contributed by atoms with Crippen molar-refractivity contribution in [2.75, 3.05) is 5.43 Å². The van der Waals surface area contributed by atoms with Crippen LogP contribution in [0.4, 0.5) is 5.69 Å². The normalized spacial score (nSPS) is 11.2. The Bertz CT molecular complexity index is 986. The number of hydrogen-bond acceptors (Lipinski definition) is 2.